The maximum atomic E-state index is 11.7. The number of amides is 1. The van der Waals surface area contributed by atoms with Gasteiger partial charge in [0.1, 0.15) is 6.61 Å². The number of ether oxygens (including phenoxy) is 1. The van der Waals surface area contributed by atoms with Crippen LogP contribution >= 0.6 is 0 Å². The molecule has 0 aliphatic heterocycles. The lowest BCUT2D eigenvalue weighted by molar-refractivity contribution is 0.0686. The third-order valence-corrected chi connectivity index (χ3v) is 4.44. The Bertz CT molecular complexity index is 1110. The van der Waals surface area contributed by atoms with Gasteiger partial charge in [0.2, 0.25) is 0 Å². The number of carbonyl (C=O) groups is 3. The predicted octanol–water partition coefficient (Wildman–Crippen LogP) is 4.72. The Kier molecular flexibility index (Phi) is 8.36. The summed E-state index contributed by atoms with van der Waals surface area (Å²) >= 11 is 0. The highest BCUT2D eigenvalue weighted by Gasteiger charge is 2.09. The highest BCUT2D eigenvalue weighted by molar-refractivity contribution is 5.91. The molecule has 1 amide bonds. The molecule has 0 unspecified atom stereocenters. The molecular formula is C24H24N2O6. The summed E-state index contributed by atoms with van der Waals surface area (Å²) in [6.45, 7) is 3.68. The topological polar surface area (TPSA) is 139 Å². The van der Waals surface area contributed by atoms with Crippen LogP contribution < -0.4 is 11.1 Å². The minimum Gasteiger partial charge on any atom is -0.478 e. The van der Waals surface area contributed by atoms with Gasteiger partial charge in [-0.2, -0.15) is 0 Å². The molecule has 0 atom stereocenters. The molecule has 0 aliphatic carbocycles. The molecule has 0 heterocycles. The zero-order valence-electron chi connectivity index (χ0n) is 17.7. The summed E-state index contributed by atoms with van der Waals surface area (Å²) < 4.78 is 5.10. The number of nitrogen functional groups attached to an aromatic ring is 1. The summed E-state index contributed by atoms with van der Waals surface area (Å²) in [5.74, 6) is -1.93. The molecule has 0 spiro atoms. The zero-order chi connectivity index (χ0) is 23.7. The minimum absolute atomic E-state index is 0.177. The van der Waals surface area contributed by atoms with Crippen LogP contribution in [-0.4, -0.2) is 28.2 Å². The molecule has 0 aliphatic rings. The van der Waals surface area contributed by atoms with E-state index in [2.05, 4.69) is 5.32 Å². The van der Waals surface area contributed by atoms with Gasteiger partial charge in [-0.05, 0) is 66.9 Å². The molecule has 8 nitrogen and oxygen atoms in total. The standard InChI is InChI=1S/C16H15NO4.C8H9NO2/c1-11-9-13(15(18)19)7-8-14(11)17-16(20)21-10-12-5-3-2-4-6-12;1-5-4-6(8(10)11)2-3-7(5)9/h2-9H,10H2,1H3,(H,17,20)(H,18,19);2-4H,9H2,1H3,(H,10,11). The molecular weight excluding hydrogens is 412 g/mol. The van der Waals surface area contributed by atoms with Gasteiger partial charge < -0.3 is 20.7 Å². The van der Waals surface area contributed by atoms with E-state index in [0.29, 0.717) is 16.9 Å². The van der Waals surface area contributed by atoms with Crippen molar-refractivity contribution < 1.29 is 29.3 Å². The Hall–Kier alpha value is -4.33. The van der Waals surface area contributed by atoms with E-state index >= 15 is 0 Å². The molecule has 32 heavy (non-hydrogen) atoms. The van der Waals surface area contributed by atoms with Crippen molar-refractivity contribution in [3.8, 4) is 0 Å². The van der Waals surface area contributed by atoms with E-state index < -0.39 is 18.0 Å². The summed E-state index contributed by atoms with van der Waals surface area (Å²) in [5.41, 5.74) is 9.44. The molecule has 3 aromatic carbocycles. The molecule has 3 rings (SSSR count). The molecule has 0 saturated heterocycles. The fourth-order valence-corrected chi connectivity index (χ4v) is 2.61. The highest BCUT2D eigenvalue weighted by atomic mass is 16.5. The van der Waals surface area contributed by atoms with Gasteiger partial charge in [0, 0.05) is 11.4 Å². The number of carbonyl (C=O) groups excluding carboxylic acids is 1. The first-order valence-corrected chi connectivity index (χ1v) is 9.58. The second-order valence-corrected chi connectivity index (χ2v) is 6.90. The lowest BCUT2D eigenvalue weighted by Crippen LogP contribution is -2.14. The van der Waals surface area contributed by atoms with Crippen LogP contribution in [0.1, 0.15) is 37.4 Å². The smallest absolute Gasteiger partial charge is 0.411 e. The first-order valence-electron chi connectivity index (χ1n) is 9.58. The van der Waals surface area contributed by atoms with Crippen molar-refractivity contribution in [3.63, 3.8) is 0 Å². The van der Waals surface area contributed by atoms with Crippen molar-refractivity contribution in [1.29, 1.82) is 0 Å². The van der Waals surface area contributed by atoms with E-state index in [-0.39, 0.29) is 17.7 Å². The van der Waals surface area contributed by atoms with Crippen LogP contribution in [-0.2, 0) is 11.3 Å². The normalized spacial score (nSPS) is 9.81. The number of benzene rings is 3. The van der Waals surface area contributed by atoms with Gasteiger partial charge in [-0.25, -0.2) is 14.4 Å². The van der Waals surface area contributed by atoms with Gasteiger partial charge in [-0.3, -0.25) is 5.32 Å². The van der Waals surface area contributed by atoms with E-state index in [9.17, 15) is 14.4 Å². The summed E-state index contributed by atoms with van der Waals surface area (Å²) in [4.78, 5) is 33.0. The van der Waals surface area contributed by atoms with Gasteiger partial charge in [0.15, 0.2) is 0 Å². The second-order valence-electron chi connectivity index (χ2n) is 6.90. The summed E-state index contributed by atoms with van der Waals surface area (Å²) in [7, 11) is 0. The SMILES string of the molecule is Cc1cc(C(=O)O)ccc1N.Cc1cc(C(=O)O)ccc1NC(=O)OCc1ccccc1. The zero-order valence-corrected chi connectivity index (χ0v) is 17.7. The molecule has 0 bridgehead atoms. The van der Waals surface area contributed by atoms with E-state index in [4.69, 9.17) is 20.7 Å². The van der Waals surface area contributed by atoms with Gasteiger partial charge in [-0.15, -0.1) is 0 Å². The van der Waals surface area contributed by atoms with E-state index in [1.165, 1.54) is 18.2 Å². The van der Waals surface area contributed by atoms with Gasteiger partial charge >= 0.3 is 18.0 Å². The number of hydrogen-bond donors (Lipinski definition) is 4. The molecule has 8 heteroatoms. The average molecular weight is 436 g/mol. The summed E-state index contributed by atoms with van der Waals surface area (Å²) in [6.07, 6.45) is -0.579. The average Bonchev–Trinajstić information content (AvgIpc) is 2.76. The molecule has 166 valence electrons. The largest absolute Gasteiger partial charge is 0.478 e. The summed E-state index contributed by atoms with van der Waals surface area (Å²) in [6, 6.07) is 18.5. The summed E-state index contributed by atoms with van der Waals surface area (Å²) in [5, 5.41) is 20.0. The molecule has 0 fully saturated rings. The fraction of sp³-hybridized carbons (Fsp3) is 0.125. The number of carboxylic acid groups (broad SMARTS) is 2. The van der Waals surface area contributed by atoms with Crippen molar-refractivity contribution in [2.75, 3.05) is 11.1 Å². The lowest BCUT2D eigenvalue weighted by Gasteiger charge is -2.10. The van der Waals surface area contributed by atoms with Crippen molar-refractivity contribution in [2.45, 2.75) is 20.5 Å². The van der Waals surface area contributed by atoms with Crippen LogP contribution in [0.15, 0.2) is 66.7 Å². The van der Waals surface area contributed by atoms with Crippen LogP contribution in [0, 0.1) is 13.8 Å². The van der Waals surface area contributed by atoms with Crippen LogP contribution in [0.5, 0.6) is 0 Å². The number of carboxylic acids is 2. The first-order chi connectivity index (χ1) is 15.2. The Morgan fingerprint density at radius 3 is 1.94 bits per heavy atom. The maximum absolute atomic E-state index is 11.7. The van der Waals surface area contributed by atoms with Crippen LogP contribution in [0.2, 0.25) is 0 Å². The number of hydrogen-bond acceptors (Lipinski definition) is 5. The lowest BCUT2D eigenvalue weighted by atomic mass is 10.1. The molecule has 0 saturated carbocycles. The van der Waals surface area contributed by atoms with Crippen molar-refractivity contribution in [3.05, 3.63) is 94.5 Å². The third-order valence-electron chi connectivity index (χ3n) is 4.44. The highest BCUT2D eigenvalue weighted by Crippen LogP contribution is 2.17. The Morgan fingerprint density at radius 1 is 0.844 bits per heavy atom. The predicted molar refractivity (Wildman–Crippen MR) is 121 cm³/mol. The number of nitrogens with two attached hydrogens (primary N) is 1. The van der Waals surface area contributed by atoms with Crippen molar-refractivity contribution in [2.24, 2.45) is 0 Å². The van der Waals surface area contributed by atoms with Crippen LogP contribution in [0.4, 0.5) is 16.2 Å². The second kappa shape index (κ2) is 11.2. The number of rotatable bonds is 5. The van der Waals surface area contributed by atoms with E-state index in [1.807, 2.05) is 30.3 Å². The Balaban J connectivity index is 0.000000278. The first kappa shape index (κ1) is 23.9. The molecule has 3 aromatic rings. The Morgan fingerprint density at radius 2 is 1.41 bits per heavy atom. The monoisotopic (exact) mass is 436 g/mol. The maximum Gasteiger partial charge on any atom is 0.411 e. The fourth-order valence-electron chi connectivity index (χ4n) is 2.61. The van der Waals surface area contributed by atoms with E-state index in [1.54, 1.807) is 32.0 Å². The van der Waals surface area contributed by atoms with Gasteiger partial charge in [-0.1, -0.05) is 30.3 Å². The number of aryl methyl sites for hydroxylation is 2. The Labute approximate surface area is 185 Å². The van der Waals surface area contributed by atoms with Crippen LogP contribution in [0.25, 0.3) is 0 Å². The number of aromatic carboxylic acids is 2. The number of nitrogens with one attached hydrogen (secondary N) is 1. The quantitative estimate of drug-likeness (QED) is 0.424. The number of anilines is 2. The van der Waals surface area contributed by atoms with E-state index in [0.717, 1.165) is 11.1 Å². The van der Waals surface area contributed by atoms with Crippen LogP contribution in [0.3, 0.4) is 0 Å². The van der Waals surface area contributed by atoms with Crippen molar-refractivity contribution >= 4 is 29.4 Å². The minimum atomic E-state index is -1.00. The van der Waals surface area contributed by atoms with Gasteiger partial charge in [0.05, 0.1) is 11.1 Å². The van der Waals surface area contributed by atoms with Crippen molar-refractivity contribution in [1.82, 2.24) is 0 Å². The van der Waals surface area contributed by atoms with Gasteiger partial charge in [0.25, 0.3) is 0 Å². The molecule has 5 N–H and O–H groups in total. The molecule has 0 aromatic heterocycles. The third kappa shape index (κ3) is 7.17. The molecule has 0 radical (unpaired) electrons.